The Hall–Kier alpha value is -1.76. The van der Waals surface area contributed by atoms with Crippen molar-refractivity contribution >= 4 is 17.2 Å². The van der Waals surface area contributed by atoms with Crippen molar-refractivity contribution in [2.24, 2.45) is 0 Å². The Bertz CT molecular complexity index is 842. The maximum Gasteiger partial charge on any atom is 0.240 e. The van der Waals surface area contributed by atoms with Gasteiger partial charge < -0.3 is 10.1 Å². The van der Waals surface area contributed by atoms with Crippen molar-refractivity contribution in [3.05, 3.63) is 40.4 Å². The van der Waals surface area contributed by atoms with E-state index in [0.29, 0.717) is 12.6 Å². The summed E-state index contributed by atoms with van der Waals surface area (Å²) in [6.07, 6.45) is 4.95. The minimum atomic E-state index is -0.181. The van der Waals surface area contributed by atoms with Crippen LogP contribution in [0.5, 0.6) is 0 Å². The van der Waals surface area contributed by atoms with Gasteiger partial charge in [0.05, 0.1) is 29.8 Å². The van der Waals surface area contributed by atoms with Gasteiger partial charge in [0.15, 0.2) is 0 Å². The SMILES string of the molecule is Cc1ccc(-c2nc(C)c(C(C)NC(=O)C3COCCN3C3CCCC3)s2)cc1. The van der Waals surface area contributed by atoms with Crippen molar-refractivity contribution < 1.29 is 9.53 Å². The van der Waals surface area contributed by atoms with E-state index in [4.69, 9.17) is 9.72 Å². The second-order valence-corrected chi connectivity index (χ2v) is 9.36. The van der Waals surface area contributed by atoms with Gasteiger partial charge in [0.2, 0.25) is 5.91 Å². The molecule has 2 heterocycles. The molecule has 2 unspecified atom stereocenters. The number of nitrogens with zero attached hydrogens (tertiary/aromatic N) is 2. The molecule has 5 nitrogen and oxygen atoms in total. The summed E-state index contributed by atoms with van der Waals surface area (Å²) in [4.78, 5) is 21.4. The fraction of sp³-hybridized carbons (Fsp3) is 0.565. The summed E-state index contributed by atoms with van der Waals surface area (Å²) in [5.41, 5.74) is 3.36. The number of ether oxygens (including phenoxy) is 1. The number of nitrogens with one attached hydrogen (secondary N) is 1. The highest BCUT2D eigenvalue weighted by atomic mass is 32.1. The van der Waals surface area contributed by atoms with Gasteiger partial charge in [-0.1, -0.05) is 42.7 Å². The highest BCUT2D eigenvalue weighted by Crippen LogP contribution is 2.32. The van der Waals surface area contributed by atoms with E-state index in [2.05, 4.69) is 48.3 Å². The minimum absolute atomic E-state index is 0.0634. The molecule has 1 aliphatic heterocycles. The third kappa shape index (κ3) is 4.55. The molecule has 0 bridgehead atoms. The van der Waals surface area contributed by atoms with Gasteiger partial charge in [0, 0.05) is 18.2 Å². The average Bonchev–Trinajstić information content (AvgIpc) is 3.38. The number of aromatic nitrogens is 1. The zero-order valence-electron chi connectivity index (χ0n) is 17.6. The molecule has 4 rings (SSSR count). The van der Waals surface area contributed by atoms with Gasteiger partial charge in [-0.05, 0) is 33.6 Å². The van der Waals surface area contributed by atoms with E-state index < -0.39 is 0 Å². The lowest BCUT2D eigenvalue weighted by atomic mass is 10.1. The number of carbonyl (C=O) groups excluding carboxylic acids is 1. The fourth-order valence-electron chi connectivity index (χ4n) is 4.52. The molecular weight excluding hydrogens is 382 g/mol. The molecule has 1 saturated heterocycles. The van der Waals surface area contributed by atoms with Crippen LogP contribution in [-0.2, 0) is 9.53 Å². The number of hydrogen-bond acceptors (Lipinski definition) is 5. The van der Waals surface area contributed by atoms with Crippen LogP contribution in [0.3, 0.4) is 0 Å². The highest BCUT2D eigenvalue weighted by Gasteiger charge is 2.36. The van der Waals surface area contributed by atoms with Gasteiger partial charge in [-0.3, -0.25) is 9.69 Å². The normalized spacial score (nSPS) is 22.0. The number of aryl methyl sites for hydroxylation is 2. The van der Waals surface area contributed by atoms with E-state index in [-0.39, 0.29) is 18.0 Å². The Labute approximate surface area is 177 Å². The number of benzene rings is 1. The third-order valence-corrected chi connectivity index (χ3v) is 7.54. The Morgan fingerprint density at radius 2 is 1.97 bits per heavy atom. The zero-order chi connectivity index (χ0) is 20.4. The molecule has 2 aliphatic rings. The summed E-state index contributed by atoms with van der Waals surface area (Å²) in [6, 6.07) is 8.72. The van der Waals surface area contributed by atoms with Crippen molar-refractivity contribution in [2.75, 3.05) is 19.8 Å². The Balaban J connectivity index is 1.46. The van der Waals surface area contributed by atoms with Crippen LogP contribution in [0.15, 0.2) is 24.3 Å². The topological polar surface area (TPSA) is 54.5 Å². The molecule has 0 spiro atoms. The first-order chi connectivity index (χ1) is 14.0. The van der Waals surface area contributed by atoms with E-state index in [1.165, 1.54) is 31.2 Å². The smallest absolute Gasteiger partial charge is 0.240 e. The molecule has 2 fully saturated rings. The van der Waals surface area contributed by atoms with Gasteiger partial charge >= 0.3 is 0 Å². The summed E-state index contributed by atoms with van der Waals surface area (Å²) >= 11 is 1.67. The largest absolute Gasteiger partial charge is 0.378 e. The first-order valence-electron chi connectivity index (χ1n) is 10.7. The second kappa shape index (κ2) is 8.94. The average molecular weight is 414 g/mol. The van der Waals surface area contributed by atoms with Gasteiger partial charge in [-0.15, -0.1) is 11.3 Å². The molecule has 1 aromatic carbocycles. The molecule has 0 radical (unpaired) electrons. The molecule has 1 N–H and O–H groups in total. The number of thiazole rings is 1. The van der Waals surface area contributed by atoms with Crippen LogP contribution in [0.1, 0.15) is 54.8 Å². The van der Waals surface area contributed by atoms with Crippen LogP contribution >= 0.6 is 11.3 Å². The maximum absolute atomic E-state index is 13.1. The summed E-state index contributed by atoms with van der Waals surface area (Å²) in [5.74, 6) is 0.0776. The van der Waals surface area contributed by atoms with Crippen LogP contribution in [0.25, 0.3) is 10.6 Å². The summed E-state index contributed by atoms with van der Waals surface area (Å²) in [6.45, 7) is 8.24. The first-order valence-corrected chi connectivity index (χ1v) is 11.5. The van der Waals surface area contributed by atoms with Gasteiger partial charge in [-0.2, -0.15) is 0 Å². The third-order valence-electron chi connectivity index (χ3n) is 6.15. The van der Waals surface area contributed by atoms with Gasteiger partial charge in [0.25, 0.3) is 0 Å². The van der Waals surface area contributed by atoms with Crippen LogP contribution in [-0.4, -0.2) is 47.6 Å². The number of carbonyl (C=O) groups is 1. The van der Waals surface area contributed by atoms with Crippen LogP contribution < -0.4 is 5.32 Å². The van der Waals surface area contributed by atoms with Crippen LogP contribution in [0, 0.1) is 13.8 Å². The molecule has 156 valence electrons. The lowest BCUT2D eigenvalue weighted by Crippen LogP contribution is -2.56. The fourth-order valence-corrected chi connectivity index (χ4v) is 5.59. The first kappa shape index (κ1) is 20.5. The number of morpholine rings is 1. The molecule has 2 aromatic rings. The Kier molecular flexibility index (Phi) is 6.32. The van der Waals surface area contributed by atoms with E-state index in [1.807, 2.05) is 6.92 Å². The summed E-state index contributed by atoms with van der Waals surface area (Å²) in [7, 11) is 0. The highest BCUT2D eigenvalue weighted by molar-refractivity contribution is 7.15. The van der Waals surface area contributed by atoms with E-state index in [1.54, 1.807) is 11.3 Å². The van der Waals surface area contributed by atoms with Crippen molar-refractivity contribution in [3.8, 4) is 10.6 Å². The van der Waals surface area contributed by atoms with E-state index in [0.717, 1.165) is 34.3 Å². The predicted octanol–water partition coefficient (Wildman–Crippen LogP) is 4.25. The zero-order valence-corrected chi connectivity index (χ0v) is 18.4. The lowest BCUT2D eigenvalue weighted by molar-refractivity contribution is -0.135. The molecular formula is C23H31N3O2S. The number of amides is 1. The monoisotopic (exact) mass is 413 g/mol. The van der Waals surface area contributed by atoms with Crippen LogP contribution in [0.4, 0.5) is 0 Å². The molecule has 29 heavy (non-hydrogen) atoms. The van der Waals surface area contributed by atoms with E-state index >= 15 is 0 Å². The maximum atomic E-state index is 13.1. The van der Waals surface area contributed by atoms with Crippen molar-refractivity contribution in [3.63, 3.8) is 0 Å². The lowest BCUT2D eigenvalue weighted by Gasteiger charge is -2.39. The van der Waals surface area contributed by atoms with Crippen molar-refractivity contribution in [1.82, 2.24) is 15.2 Å². The van der Waals surface area contributed by atoms with Crippen molar-refractivity contribution in [2.45, 2.75) is 64.6 Å². The molecule has 1 aliphatic carbocycles. The van der Waals surface area contributed by atoms with Gasteiger partial charge in [0.1, 0.15) is 11.0 Å². The van der Waals surface area contributed by atoms with Crippen molar-refractivity contribution in [1.29, 1.82) is 0 Å². The molecule has 1 aromatic heterocycles. The van der Waals surface area contributed by atoms with Gasteiger partial charge in [-0.25, -0.2) is 4.98 Å². The Morgan fingerprint density at radius 1 is 1.24 bits per heavy atom. The standard InChI is InChI=1S/C23H31N3O2S/c1-15-8-10-18(11-9-15)23-25-17(3)21(29-23)16(2)24-22(27)20-14-28-13-12-26(20)19-6-4-5-7-19/h8-11,16,19-20H,4-7,12-14H2,1-3H3,(H,24,27). The molecule has 6 heteroatoms. The molecule has 2 atom stereocenters. The molecule has 1 amide bonds. The summed E-state index contributed by atoms with van der Waals surface area (Å²) in [5, 5.41) is 4.25. The van der Waals surface area contributed by atoms with E-state index in [9.17, 15) is 4.79 Å². The quantitative estimate of drug-likeness (QED) is 0.796. The minimum Gasteiger partial charge on any atom is -0.378 e. The number of rotatable bonds is 5. The Morgan fingerprint density at radius 3 is 2.69 bits per heavy atom. The summed E-state index contributed by atoms with van der Waals surface area (Å²) < 4.78 is 5.66. The predicted molar refractivity (Wildman–Crippen MR) is 117 cm³/mol. The van der Waals surface area contributed by atoms with Crippen LogP contribution in [0.2, 0.25) is 0 Å². The number of hydrogen-bond donors (Lipinski definition) is 1. The second-order valence-electron chi connectivity index (χ2n) is 8.33. The molecule has 1 saturated carbocycles.